The fourth-order valence-electron chi connectivity index (χ4n) is 1.77. The van der Waals surface area contributed by atoms with E-state index >= 15 is 0 Å². The Kier molecular flexibility index (Phi) is 5.56. The van der Waals surface area contributed by atoms with Crippen LogP contribution in [0.25, 0.3) is 0 Å². The van der Waals surface area contributed by atoms with Crippen molar-refractivity contribution in [1.29, 1.82) is 0 Å². The highest BCUT2D eigenvalue weighted by molar-refractivity contribution is 9.10. The summed E-state index contributed by atoms with van der Waals surface area (Å²) in [4.78, 5) is 4.09. The first-order valence-electron chi connectivity index (χ1n) is 5.93. The molecule has 0 bridgehead atoms. The van der Waals surface area contributed by atoms with Crippen LogP contribution in [0.3, 0.4) is 0 Å². The van der Waals surface area contributed by atoms with E-state index in [4.69, 9.17) is 4.74 Å². The summed E-state index contributed by atoms with van der Waals surface area (Å²) < 4.78 is 6.59. The Labute approximate surface area is 111 Å². The fourth-order valence-corrected chi connectivity index (χ4v) is 2.18. The third-order valence-corrected chi connectivity index (χ3v) is 3.51. The molecule has 1 aromatic heterocycles. The van der Waals surface area contributed by atoms with E-state index in [-0.39, 0.29) is 0 Å². The first kappa shape index (κ1) is 14.6. The minimum atomic E-state index is -0.524. The highest BCUT2D eigenvalue weighted by Gasteiger charge is 2.31. The van der Waals surface area contributed by atoms with Crippen molar-refractivity contribution in [1.82, 2.24) is 4.98 Å². The van der Waals surface area contributed by atoms with Gasteiger partial charge in [-0.1, -0.05) is 6.92 Å². The number of aliphatic hydroxyl groups excluding tert-OH is 1. The van der Waals surface area contributed by atoms with E-state index < -0.39 is 11.7 Å². The van der Waals surface area contributed by atoms with Crippen molar-refractivity contribution >= 4 is 15.9 Å². The van der Waals surface area contributed by atoms with Crippen molar-refractivity contribution in [3.05, 3.63) is 28.5 Å². The number of rotatable bonds is 6. The summed E-state index contributed by atoms with van der Waals surface area (Å²) in [6.45, 7) is 6.53. The molecule has 0 aliphatic heterocycles. The summed E-state index contributed by atoms with van der Waals surface area (Å²) in [5.41, 5.74) is 0.517. The molecular formula is C13H20BrNO2. The number of hydrogen-bond donors (Lipinski definition) is 1. The minimum absolute atomic E-state index is 0.489. The van der Waals surface area contributed by atoms with Gasteiger partial charge in [0, 0.05) is 29.9 Å². The van der Waals surface area contributed by atoms with Crippen LogP contribution in [0.1, 0.15) is 32.8 Å². The zero-order valence-corrected chi connectivity index (χ0v) is 12.2. The minimum Gasteiger partial charge on any atom is -0.390 e. The van der Waals surface area contributed by atoms with E-state index in [0.29, 0.717) is 13.0 Å². The van der Waals surface area contributed by atoms with Gasteiger partial charge in [-0.2, -0.15) is 0 Å². The molecule has 0 saturated carbocycles. The molecule has 1 rings (SSSR count). The number of hydrogen-bond acceptors (Lipinski definition) is 3. The van der Waals surface area contributed by atoms with Crippen molar-refractivity contribution in [2.24, 2.45) is 0 Å². The van der Waals surface area contributed by atoms with Gasteiger partial charge in [0.2, 0.25) is 0 Å². The van der Waals surface area contributed by atoms with Crippen LogP contribution in [0.15, 0.2) is 22.9 Å². The largest absolute Gasteiger partial charge is 0.390 e. The van der Waals surface area contributed by atoms with Crippen LogP contribution in [-0.2, 0) is 11.2 Å². The number of pyridine rings is 1. The van der Waals surface area contributed by atoms with Gasteiger partial charge in [-0.15, -0.1) is 0 Å². The van der Waals surface area contributed by atoms with Gasteiger partial charge in [-0.25, -0.2) is 0 Å². The summed E-state index contributed by atoms with van der Waals surface area (Å²) in [6, 6.07) is 1.97. The Morgan fingerprint density at radius 3 is 2.71 bits per heavy atom. The lowest BCUT2D eigenvalue weighted by molar-refractivity contribution is -0.110. The van der Waals surface area contributed by atoms with Crippen LogP contribution >= 0.6 is 15.9 Å². The summed E-state index contributed by atoms with van der Waals surface area (Å²) in [5.74, 6) is 0. The molecule has 96 valence electrons. The number of ether oxygens (including phenoxy) is 1. The quantitative estimate of drug-likeness (QED) is 0.878. The Hall–Kier alpha value is -0.450. The predicted octanol–water partition coefficient (Wildman–Crippen LogP) is 2.95. The number of nitrogens with zero attached hydrogens (tertiary/aromatic N) is 1. The topological polar surface area (TPSA) is 42.4 Å². The third-order valence-electron chi connectivity index (χ3n) is 3.07. The van der Waals surface area contributed by atoms with Crippen molar-refractivity contribution in [3.63, 3.8) is 0 Å². The van der Waals surface area contributed by atoms with Crippen molar-refractivity contribution in [2.45, 2.75) is 45.3 Å². The third kappa shape index (κ3) is 4.05. The molecular weight excluding hydrogens is 282 g/mol. The molecule has 0 saturated heterocycles. The van der Waals surface area contributed by atoms with E-state index in [9.17, 15) is 5.11 Å². The smallest absolute Gasteiger partial charge is 0.0912 e. The maximum atomic E-state index is 10.3. The summed E-state index contributed by atoms with van der Waals surface area (Å²) in [7, 11) is 0. The second-order valence-electron chi connectivity index (χ2n) is 4.33. The van der Waals surface area contributed by atoms with Gasteiger partial charge >= 0.3 is 0 Å². The van der Waals surface area contributed by atoms with E-state index in [0.717, 1.165) is 16.5 Å². The average Bonchev–Trinajstić information content (AvgIpc) is 2.29. The molecule has 0 aliphatic rings. The Morgan fingerprint density at radius 2 is 2.18 bits per heavy atom. The van der Waals surface area contributed by atoms with Gasteiger partial charge in [-0.3, -0.25) is 4.98 Å². The fraction of sp³-hybridized carbons (Fsp3) is 0.615. The summed E-state index contributed by atoms with van der Waals surface area (Å²) in [6.07, 6.45) is 4.32. The molecule has 1 aromatic rings. The second kappa shape index (κ2) is 6.47. The highest BCUT2D eigenvalue weighted by Crippen LogP contribution is 2.23. The molecule has 0 aromatic carbocycles. The van der Waals surface area contributed by atoms with Crippen LogP contribution in [0.4, 0.5) is 0 Å². The maximum absolute atomic E-state index is 10.3. The zero-order valence-electron chi connectivity index (χ0n) is 10.6. The van der Waals surface area contributed by atoms with Gasteiger partial charge in [0.25, 0.3) is 0 Å². The average molecular weight is 302 g/mol. The molecule has 17 heavy (non-hydrogen) atoms. The molecule has 0 amide bonds. The monoisotopic (exact) mass is 301 g/mol. The Balaban J connectivity index is 2.73. The van der Waals surface area contributed by atoms with Gasteiger partial charge in [-0.05, 0) is 47.8 Å². The Bertz CT molecular complexity index is 359. The second-order valence-corrected chi connectivity index (χ2v) is 5.25. The van der Waals surface area contributed by atoms with Crippen LogP contribution in [0.5, 0.6) is 0 Å². The number of aromatic nitrogens is 1. The first-order valence-corrected chi connectivity index (χ1v) is 6.72. The Morgan fingerprint density at radius 1 is 1.47 bits per heavy atom. The van der Waals surface area contributed by atoms with Gasteiger partial charge in [0.15, 0.2) is 0 Å². The number of halogens is 1. The molecule has 3 nitrogen and oxygen atoms in total. The van der Waals surface area contributed by atoms with Gasteiger partial charge < -0.3 is 9.84 Å². The van der Waals surface area contributed by atoms with E-state index in [1.54, 1.807) is 12.4 Å². The molecule has 2 unspecified atom stereocenters. The van der Waals surface area contributed by atoms with Crippen LogP contribution in [0, 0.1) is 0 Å². The zero-order chi connectivity index (χ0) is 12.9. The first-order chi connectivity index (χ1) is 8.01. The summed E-state index contributed by atoms with van der Waals surface area (Å²) in [5, 5.41) is 10.3. The SMILES string of the molecule is CCOC(C)(CC)C(O)Cc1cncc(Br)c1. The van der Waals surface area contributed by atoms with Crippen molar-refractivity contribution < 1.29 is 9.84 Å². The molecule has 1 N–H and O–H groups in total. The van der Waals surface area contributed by atoms with E-state index in [1.807, 2.05) is 26.8 Å². The molecule has 0 fully saturated rings. The molecule has 0 radical (unpaired) electrons. The van der Waals surface area contributed by atoms with Crippen molar-refractivity contribution in [2.75, 3.05) is 6.61 Å². The molecule has 4 heteroatoms. The molecule has 2 atom stereocenters. The summed E-state index contributed by atoms with van der Waals surface area (Å²) >= 11 is 3.37. The molecule has 1 heterocycles. The van der Waals surface area contributed by atoms with Crippen LogP contribution in [0.2, 0.25) is 0 Å². The maximum Gasteiger partial charge on any atom is 0.0912 e. The van der Waals surface area contributed by atoms with E-state index in [1.165, 1.54) is 0 Å². The molecule has 0 spiro atoms. The van der Waals surface area contributed by atoms with Crippen molar-refractivity contribution in [3.8, 4) is 0 Å². The van der Waals surface area contributed by atoms with Crippen LogP contribution in [-0.4, -0.2) is 28.4 Å². The number of aliphatic hydroxyl groups is 1. The predicted molar refractivity (Wildman–Crippen MR) is 72.0 cm³/mol. The lowest BCUT2D eigenvalue weighted by Gasteiger charge is -2.33. The van der Waals surface area contributed by atoms with Gasteiger partial charge in [0.05, 0.1) is 11.7 Å². The lowest BCUT2D eigenvalue weighted by Crippen LogP contribution is -2.43. The molecule has 0 aliphatic carbocycles. The normalized spacial score (nSPS) is 16.5. The highest BCUT2D eigenvalue weighted by atomic mass is 79.9. The van der Waals surface area contributed by atoms with Crippen LogP contribution < -0.4 is 0 Å². The van der Waals surface area contributed by atoms with Gasteiger partial charge in [0.1, 0.15) is 0 Å². The standard InChI is InChI=1S/C13H20BrNO2/c1-4-13(3,17-5-2)12(16)7-10-6-11(14)9-15-8-10/h6,8-9,12,16H,4-5,7H2,1-3H3. The lowest BCUT2D eigenvalue weighted by atomic mass is 9.91. The van der Waals surface area contributed by atoms with E-state index in [2.05, 4.69) is 20.9 Å².